The van der Waals surface area contributed by atoms with Crippen molar-refractivity contribution in [3.05, 3.63) is 72.3 Å². The molecule has 0 spiro atoms. The number of carbonyl (C=O) groups excluding carboxylic acids is 2. The van der Waals surface area contributed by atoms with E-state index in [1.807, 2.05) is 25.1 Å². The average molecular weight is 422 g/mol. The molecule has 150 valence electrons. The first-order valence-corrected chi connectivity index (χ1v) is 9.22. The predicted molar refractivity (Wildman–Crippen MR) is 108 cm³/mol. The van der Waals surface area contributed by atoms with Gasteiger partial charge in [0, 0.05) is 17.7 Å². The van der Waals surface area contributed by atoms with Gasteiger partial charge in [0.1, 0.15) is 5.75 Å². The van der Waals surface area contributed by atoms with E-state index in [4.69, 9.17) is 4.74 Å². The third kappa shape index (κ3) is 7.87. The molecule has 1 amide bonds. The van der Waals surface area contributed by atoms with E-state index in [9.17, 15) is 14.0 Å². The number of hydrogen-bond donors (Lipinski definition) is 1. The molecule has 0 aliphatic heterocycles. The molecule has 1 aliphatic rings. The van der Waals surface area contributed by atoms with Crippen molar-refractivity contribution in [1.29, 1.82) is 0 Å². The third-order valence-electron chi connectivity index (χ3n) is 4.71. The van der Waals surface area contributed by atoms with Gasteiger partial charge in [-0.3, -0.25) is 27.2 Å². The molecule has 6 heteroatoms. The minimum Gasteiger partial charge on any atom is -0.496 e. The number of rotatable bonds is 4. The van der Waals surface area contributed by atoms with Gasteiger partial charge in [0.25, 0.3) is 0 Å². The number of halogens is 1. The quantitative estimate of drug-likeness (QED) is 0.605. The third-order valence-corrected chi connectivity index (χ3v) is 4.71. The van der Waals surface area contributed by atoms with Crippen molar-refractivity contribution in [2.24, 2.45) is 5.92 Å². The first-order valence-electron chi connectivity index (χ1n) is 9.22. The standard InChI is InChI=1S/C15H20NO2.C8H5FO.K/c1-11-8-9-13(10-14(11)18-2)16-15(17)12-6-4-3-5-7-12;1-6-7(5-10)3-2-4-8(6)9;/h3,8-10,12H,4-7H2,1-2H3,(H,16,17);2-4H,1H2;/q-1;-2;+1. The van der Waals surface area contributed by atoms with Crippen LogP contribution < -0.4 is 61.4 Å². The molecule has 0 unspecified atom stereocenters. The number of nitrogens with one attached hydrogen (secondary N) is 1. The summed E-state index contributed by atoms with van der Waals surface area (Å²) in [6, 6.07) is 9.93. The van der Waals surface area contributed by atoms with Gasteiger partial charge in [-0.15, -0.1) is 12.1 Å². The normalized spacial score (nSPS) is 13.3. The Hall–Kier alpha value is -1.18. The fraction of sp³-hybridized carbons (Fsp3) is 0.304. The smallest absolute Gasteiger partial charge is 0.496 e. The van der Waals surface area contributed by atoms with Gasteiger partial charge in [-0.25, -0.2) is 6.07 Å². The zero-order valence-electron chi connectivity index (χ0n) is 17.3. The molecule has 1 N–H and O–H groups in total. The zero-order valence-corrected chi connectivity index (χ0v) is 20.4. The second-order valence-electron chi connectivity index (χ2n) is 6.68. The fourth-order valence-electron chi connectivity index (χ4n) is 2.99. The summed E-state index contributed by atoms with van der Waals surface area (Å²) in [6.45, 7) is 5.34. The summed E-state index contributed by atoms with van der Waals surface area (Å²) in [7, 11) is 1.64. The number of anilines is 1. The Kier molecular flexibility index (Phi) is 11.8. The van der Waals surface area contributed by atoms with E-state index in [-0.39, 0.29) is 74.3 Å². The summed E-state index contributed by atoms with van der Waals surface area (Å²) in [5.74, 6) is 0.627. The Labute approximate surface area is 215 Å². The van der Waals surface area contributed by atoms with Crippen molar-refractivity contribution in [3.63, 3.8) is 0 Å². The van der Waals surface area contributed by atoms with Crippen LogP contribution in [0.3, 0.4) is 0 Å². The molecule has 1 saturated carbocycles. The molecule has 2 aromatic rings. The van der Waals surface area contributed by atoms with Crippen LogP contribution >= 0.6 is 0 Å². The second kappa shape index (κ2) is 13.2. The molecule has 0 atom stereocenters. The van der Waals surface area contributed by atoms with E-state index in [0.717, 1.165) is 42.7 Å². The van der Waals surface area contributed by atoms with Gasteiger partial charge in [0.15, 0.2) is 0 Å². The van der Waals surface area contributed by atoms with Crippen LogP contribution in [0.1, 0.15) is 42.4 Å². The summed E-state index contributed by atoms with van der Waals surface area (Å²) in [5.41, 5.74) is 2.18. The molecule has 0 saturated heterocycles. The average Bonchev–Trinajstić information content (AvgIpc) is 2.72. The van der Waals surface area contributed by atoms with Gasteiger partial charge in [0.05, 0.1) is 7.11 Å². The van der Waals surface area contributed by atoms with Crippen LogP contribution in [0.4, 0.5) is 10.1 Å². The van der Waals surface area contributed by atoms with E-state index in [1.165, 1.54) is 18.2 Å². The summed E-state index contributed by atoms with van der Waals surface area (Å²) < 4.78 is 17.8. The van der Waals surface area contributed by atoms with Gasteiger partial charge in [-0.2, -0.15) is 12.8 Å². The van der Waals surface area contributed by atoms with E-state index in [1.54, 1.807) is 13.4 Å². The minimum atomic E-state index is -0.471. The van der Waals surface area contributed by atoms with Crippen molar-refractivity contribution >= 4 is 17.9 Å². The van der Waals surface area contributed by atoms with Crippen LogP contribution in [-0.4, -0.2) is 19.3 Å². The summed E-state index contributed by atoms with van der Waals surface area (Å²) in [5, 5.41) is 2.98. The van der Waals surface area contributed by atoms with E-state index in [0.29, 0.717) is 0 Å². The maximum Gasteiger partial charge on any atom is 1.00 e. The van der Waals surface area contributed by atoms with Crippen LogP contribution in [0.25, 0.3) is 0 Å². The van der Waals surface area contributed by atoms with Gasteiger partial charge in [0.2, 0.25) is 5.91 Å². The first kappa shape index (κ1) is 25.9. The fourth-order valence-corrected chi connectivity index (χ4v) is 2.99. The van der Waals surface area contributed by atoms with Gasteiger partial charge >= 0.3 is 51.4 Å². The van der Waals surface area contributed by atoms with Crippen molar-refractivity contribution in [1.82, 2.24) is 0 Å². The molecule has 1 aliphatic carbocycles. The Morgan fingerprint density at radius 2 is 1.97 bits per heavy atom. The molecule has 2 aromatic carbocycles. The van der Waals surface area contributed by atoms with E-state index in [2.05, 4.69) is 18.7 Å². The van der Waals surface area contributed by atoms with Crippen molar-refractivity contribution < 1.29 is 70.1 Å². The number of benzene rings is 2. The van der Waals surface area contributed by atoms with Crippen LogP contribution in [0.5, 0.6) is 5.75 Å². The molecule has 0 aromatic heterocycles. The molecular formula is C23H25FKNO3-2. The maximum atomic E-state index is 12.5. The van der Waals surface area contributed by atoms with Crippen molar-refractivity contribution in [2.45, 2.75) is 32.6 Å². The van der Waals surface area contributed by atoms with Crippen LogP contribution in [-0.2, 0) is 9.59 Å². The molecule has 0 heterocycles. The first-order chi connectivity index (χ1) is 13.5. The Bertz CT molecular complexity index is 820. The molecule has 3 rings (SSSR count). The molecule has 1 fully saturated rings. The Morgan fingerprint density at radius 1 is 1.28 bits per heavy atom. The number of amides is 1. The number of hydrogen-bond acceptors (Lipinski definition) is 3. The van der Waals surface area contributed by atoms with Crippen molar-refractivity contribution in [2.75, 3.05) is 12.4 Å². The zero-order chi connectivity index (χ0) is 20.5. The Morgan fingerprint density at radius 3 is 2.55 bits per heavy atom. The molecule has 0 bridgehead atoms. The monoisotopic (exact) mass is 421 g/mol. The molecular weight excluding hydrogens is 396 g/mol. The number of methoxy groups -OCH3 is 1. The number of aryl methyl sites for hydroxylation is 1. The molecule has 4 nitrogen and oxygen atoms in total. The van der Waals surface area contributed by atoms with Gasteiger partial charge in [-0.1, -0.05) is 18.9 Å². The van der Waals surface area contributed by atoms with E-state index < -0.39 is 5.82 Å². The molecule has 0 radical (unpaired) electrons. The van der Waals surface area contributed by atoms with Crippen molar-refractivity contribution in [3.8, 4) is 5.75 Å². The van der Waals surface area contributed by atoms with Crippen LogP contribution in [0.15, 0.2) is 36.4 Å². The largest absolute Gasteiger partial charge is 1.00 e. The second-order valence-corrected chi connectivity index (χ2v) is 6.68. The summed E-state index contributed by atoms with van der Waals surface area (Å²) in [6.07, 6.45) is 7.88. The minimum absolute atomic E-state index is 0. The van der Waals surface area contributed by atoms with Crippen LogP contribution in [0, 0.1) is 32.0 Å². The summed E-state index contributed by atoms with van der Waals surface area (Å²) >= 11 is 0. The number of carbonyl (C=O) groups is 1. The predicted octanol–water partition coefficient (Wildman–Crippen LogP) is 1.81. The maximum absolute atomic E-state index is 12.5. The molecule has 29 heavy (non-hydrogen) atoms. The Balaban J connectivity index is 0.000000327. The van der Waals surface area contributed by atoms with E-state index >= 15 is 0 Å². The summed E-state index contributed by atoms with van der Waals surface area (Å²) in [4.78, 5) is 22.1. The van der Waals surface area contributed by atoms with Gasteiger partial charge < -0.3 is 21.3 Å². The van der Waals surface area contributed by atoms with Crippen LogP contribution in [0.2, 0.25) is 0 Å². The number of ether oxygens (including phenoxy) is 1. The SMILES string of the molecule is COc1cc(NC(=O)C2CC[CH-]CC2)ccc1C.[CH2-]c1c(F)cccc1[C-]=O.[K+]. The topological polar surface area (TPSA) is 55.4 Å². The van der Waals surface area contributed by atoms with Gasteiger partial charge in [-0.05, 0) is 30.7 Å².